The summed E-state index contributed by atoms with van der Waals surface area (Å²) in [5.74, 6) is -0.293. The molecule has 0 saturated carbocycles. The Hall–Kier alpha value is -1.59. The quantitative estimate of drug-likeness (QED) is 0.620. The molecule has 0 aliphatic carbocycles. The molecule has 107 valence electrons. The van der Waals surface area contributed by atoms with Crippen molar-refractivity contribution in [2.75, 3.05) is 19.6 Å². The minimum absolute atomic E-state index is 0.144. The van der Waals surface area contributed by atoms with E-state index in [-0.39, 0.29) is 18.2 Å². The molecular formula is C13H22N3O3. The summed E-state index contributed by atoms with van der Waals surface area (Å²) in [6, 6.07) is 0. The van der Waals surface area contributed by atoms with Gasteiger partial charge in [-0.15, -0.1) is 0 Å². The van der Waals surface area contributed by atoms with Crippen LogP contribution in [0.15, 0.2) is 0 Å². The van der Waals surface area contributed by atoms with Crippen molar-refractivity contribution in [3.8, 4) is 0 Å². The maximum Gasteiger partial charge on any atom is 0.224 e. The zero-order chi connectivity index (χ0) is 14.3. The van der Waals surface area contributed by atoms with Crippen LogP contribution in [0.4, 0.5) is 0 Å². The summed E-state index contributed by atoms with van der Waals surface area (Å²) < 4.78 is 0. The Morgan fingerprint density at radius 3 is 2.58 bits per heavy atom. The Morgan fingerprint density at radius 1 is 1.42 bits per heavy atom. The van der Waals surface area contributed by atoms with Crippen molar-refractivity contribution < 1.29 is 14.4 Å². The van der Waals surface area contributed by atoms with Crippen molar-refractivity contribution in [3.05, 3.63) is 6.42 Å². The summed E-state index contributed by atoms with van der Waals surface area (Å²) in [4.78, 5) is 34.6. The molecule has 1 saturated heterocycles. The summed E-state index contributed by atoms with van der Waals surface area (Å²) in [6.45, 7) is 3.91. The molecule has 1 aliphatic heterocycles. The Bertz CT molecular complexity index is 325. The number of carbonyl (C=O) groups is 3. The van der Waals surface area contributed by atoms with Gasteiger partial charge in [-0.3, -0.25) is 14.4 Å². The normalized spacial score (nSPS) is 17.8. The minimum Gasteiger partial charge on any atom is -0.370 e. The standard InChI is InChI=1S/C13H22N3O3/c1-10(6-12(14)18)7-13(19)15-8-11-2-4-16(9-17)5-3-11/h7,9-11H,2-6,8H2,1H3,(H2,14,18)(H,15,19)/t10-/m1/s1. The number of hydrogen-bond donors (Lipinski definition) is 2. The van der Waals surface area contributed by atoms with Crippen molar-refractivity contribution >= 4 is 18.2 Å². The molecule has 6 nitrogen and oxygen atoms in total. The monoisotopic (exact) mass is 268 g/mol. The average molecular weight is 268 g/mol. The van der Waals surface area contributed by atoms with Crippen LogP contribution in [-0.2, 0) is 14.4 Å². The molecule has 0 aromatic rings. The molecule has 1 radical (unpaired) electrons. The molecule has 0 bridgehead atoms. The van der Waals surface area contributed by atoms with Crippen LogP contribution < -0.4 is 11.1 Å². The Labute approximate surface area is 113 Å². The number of piperidine rings is 1. The highest BCUT2D eigenvalue weighted by atomic mass is 16.2. The van der Waals surface area contributed by atoms with Gasteiger partial charge in [-0.25, -0.2) is 0 Å². The lowest BCUT2D eigenvalue weighted by Gasteiger charge is -2.29. The van der Waals surface area contributed by atoms with Gasteiger partial charge in [0.2, 0.25) is 18.2 Å². The largest absolute Gasteiger partial charge is 0.370 e. The summed E-state index contributed by atoms with van der Waals surface area (Å²) >= 11 is 0. The molecule has 6 heteroatoms. The number of nitrogens with two attached hydrogens (primary N) is 1. The number of amides is 3. The summed E-state index contributed by atoms with van der Waals surface area (Å²) in [5.41, 5.74) is 5.06. The summed E-state index contributed by atoms with van der Waals surface area (Å²) in [6.07, 6.45) is 4.37. The molecule has 0 aromatic carbocycles. The van der Waals surface area contributed by atoms with Crippen LogP contribution in [0.2, 0.25) is 0 Å². The SMILES string of the molecule is C[C@@H]([CH]C(=O)NCC1CCN(C=O)CC1)CC(N)=O. The second-order valence-electron chi connectivity index (χ2n) is 5.14. The van der Waals surface area contributed by atoms with Crippen molar-refractivity contribution in [2.24, 2.45) is 17.6 Å². The molecule has 0 unspecified atom stereocenters. The number of carbonyl (C=O) groups excluding carboxylic acids is 3. The van der Waals surface area contributed by atoms with Gasteiger partial charge in [0.1, 0.15) is 0 Å². The Balaban J connectivity index is 2.16. The minimum atomic E-state index is -0.405. The highest BCUT2D eigenvalue weighted by Crippen LogP contribution is 2.15. The van der Waals surface area contributed by atoms with Crippen LogP contribution in [0.3, 0.4) is 0 Å². The van der Waals surface area contributed by atoms with E-state index in [4.69, 9.17) is 5.73 Å². The van der Waals surface area contributed by atoms with E-state index in [2.05, 4.69) is 5.32 Å². The van der Waals surface area contributed by atoms with Gasteiger partial charge in [-0.2, -0.15) is 0 Å². The van der Waals surface area contributed by atoms with Gasteiger partial charge < -0.3 is 16.0 Å². The van der Waals surface area contributed by atoms with Crippen molar-refractivity contribution in [2.45, 2.75) is 26.2 Å². The predicted molar refractivity (Wildman–Crippen MR) is 70.6 cm³/mol. The number of primary amides is 1. The lowest BCUT2D eigenvalue weighted by molar-refractivity contribution is -0.121. The van der Waals surface area contributed by atoms with Gasteiger partial charge in [0, 0.05) is 26.1 Å². The third-order valence-corrected chi connectivity index (χ3v) is 3.32. The molecule has 3 N–H and O–H groups in total. The van der Waals surface area contributed by atoms with Crippen LogP contribution in [0, 0.1) is 18.3 Å². The lowest BCUT2D eigenvalue weighted by atomic mass is 9.97. The van der Waals surface area contributed by atoms with Gasteiger partial charge in [-0.1, -0.05) is 6.92 Å². The van der Waals surface area contributed by atoms with Crippen LogP contribution in [-0.4, -0.2) is 42.8 Å². The second kappa shape index (κ2) is 7.76. The molecule has 0 aromatic heterocycles. The topological polar surface area (TPSA) is 92.5 Å². The number of nitrogens with zero attached hydrogens (tertiary/aromatic N) is 1. The predicted octanol–water partition coefficient (Wildman–Crippen LogP) is -0.313. The number of rotatable bonds is 7. The Morgan fingerprint density at radius 2 is 2.05 bits per heavy atom. The highest BCUT2D eigenvalue weighted by Gasteiger charge is 2.19. The van der Waals surface area contributed by atoms with Gasteiger partial charge in [-0.05, 0) is 24.7 Å². The van der Waals surface area contributed by atoms with Crippen molar-refractivity contribution in [3.63, 3.8) is 0 Å². The zero-order valence-electron chi connectivity index (χ0n) is 11.3. The van der Waals surface area contributed by atoms with Gasteiger partial charge in [0.15, 0.2) is 0 Å². The van der Waals surface area contributed by atoms with E-state index in [9.17, 15) is 14.4 Å². The molecular weight excluding hydrogens is 246 g/mol. The zero-order valence-corrected chi connectivity index (χ0v) is 11.3. The van der Waals surface area contributed by atoms with Gasteiger partial charge >= 0.3 is 0 Å². The smallest absolute Gasteiger partial charge is 0.224 e. The first-order chi connectivity index (χ1) is 9.01. The van der Waals surface area contributed by atoms with E-state index in [1.165, 1.54) is 6.42 Å². The third kappa shape index (κ3) is 6.22. The Kier molecular flexibility index (Phi) is 6.32. The van der Waals surface area contributed by atoms with Gasteiger partial charge in [0.05, 0.1) is 6.42 Å². The number of nitrogens with one attached hydrogen (secondary N) is 1. The number of likely N-dealkylation sites (tertiary alicyclic amines) is 1. The van der Waals surface area contributed by atoms with Crippen LogP contribution in [0.25, 0.3) is 0 Å². The molecule has 1 heterocycles. The maximum absolute atomic E-state index is 11.6. The summed E-state index contributed by atoms with van der Waals surface area (Å²) in [7, 11) is 0. The molecule has 3 amide bonds. The van der Waals surface area contributed by atoms with E-state index in [0.717, 1.165) is 32.3 Å². The van der Waals surface area contributed by atoms with E-state index in [1.54, 1.807) is 11.8 Å². The van der Waals surface area contributed by atoms with E-state index >= 15 is 0 Å². The van der Waals surface area contributed by atoms with Crippen LogP contribution >= 0.6 is 0 Å². The first-order valence-corrected chi connectivity index (χ1v) is 6.61. The molecule has 19 heavy (non-hydrogen) atoms. The molecule has 1 atom stereocenters. The van der Waals surface area contributed by atoms with E-state index < -0.39 is 5.91 Å². The molecule has 0 spiro atoms. The second-order valence-corrected chi connectivity index (χ2v) is 5.14. The van der Waals surface area contributed by atoms with E-state index in [0.29, 0.717) is 12.5 Å². The highest BCUT2D eigenvalue weighted by molar-refractivity contribution is 5.86. The number of hydrogen-bond acceptors (Lipinski definition) is 3. The molecule has 1 rings (SSSR count). The third-order valence-electron chi connectivity index (χ3n) is 3.32. The first-order valence-electron chi connectivity index (χ1n) is 6.61. The molecule has 1 aliphatic rings. The van der Waals surface area contributed by atoms with Crippen LogP contribution in [0.1, 0.15) is 26.2 Å². The van der Waals surface area contributed by atoms with Crippen molar-refractivity contribution in [1.29, 1.82) is 0 Å². The van der Waals surface area contributed by atoms with E-state index in [1.807, 2.05) is 0 Å². The van der Waals surface area contributed by atoms with Crippen molar-refractivity contribution in [1.82, 2.24) is 10.2 Å². The fraction of sp³-hybridized carbons (Fsp3) is 0.692. The fourth-order valence-corrected chi connectivity index (χ4v) is 2.20. The fourth-order valence-electron chi connectivity index (χ4n) is 2.20. The average Bonchev–Trinajstić information content (AvgIpc) is 2.36. The summed E-state index contributed by atoms with van der Waals surface area (Å²) in [5, 5.41) is 2.84. The van der Waals surface area contributed by atoms with Crippen LogP contribution in [0.5, 0.6) is 0 Å². The lowest BCUT2D eigenvalue weighted by Crippen LogP contribution is -2.38. The maximum atomic E-state index is 11.6. The van der Waals surface area contributed by atoms with Gasteiger partial charge in [0.25, 0.3) is 0 Å². The molecule has 1 fully saturated rings. The first kappa shape index (κ1) is 15.5.